The van der Waals surface area contributed by atoms with Gasteiger partial charge in [0.2, 0.25) is 0 Å². The first-order chi connectivity index (χ1) is 9.16. The highest BCUT2D eigenvalue weighted by molar-refractivity contribution is 7.52. The first-order valence-corrected chi connectivity index (χ1v) is 7.81. The second-order valence-electron chi connectivity index (χ2n) is 3.96. The van der Waals surface area contributed by atoms with E-state index in [1.165, 1.54) is 6.66 Å². The lowest BCUT2D eigenvalue weighted by molar-refractivity contribution is 0.192. The molecule has 100 valence electrons. The van der Waals surface area contributed by atoms with Gasteiger partial charge in [-0.25, -0.2) is 0 Å². The van der Waals surface area contributed by atoms with E-state index in [0.717, 1.165) is 0 Å². The summed E-state index contributed by atoms with van der Waals surface area (Å²) in [4.78, 5) is 8.17. The Kier molecular flexibility index (Phi) is 4.80. The van der Waals surface area contributed by atoms with Crippen LogP contribution < -0.4 is 0 Å². The van der Waals surface area contributed by atoms with E-state index in [-0.39, 0.29) is 13.2 Å². The molecule has 0 aliphatic heterocycles. The lowest BCUT2D eigenvalue weighted by Crippen LogP contribution is -1.98. The van der Waals surface area contributed by atoms with E-state index in [0.29, 0.717) is 11.4 Å². The van der Waals surface area contributed by atoms with Crippen LogP contribution in [0.5, 0.6) is 0 Å². The van der Waals surface area contributed by atoms with Gasteiger partial charge in [-0.05, 0) is 24.3 Å². The molecule has 0 saturated heterocycles. The molecule has 2 rings (SSSR count). The zero-order valence-electron chi connectivity index (χ0n) is 10.6. The molecule has 0 aromatic carbocycles. The molecule has 0 saturated carbocycles. The van der Waals surface area contributed by atoms with Crippen LogP contribution in [0.3, 0.4) is 0 Å². The van der Waals surface area contributed by atoms with E-state index in [1.54, 1.807) is 24.5 Å². The minimum absolute atomic E-state index is 0.164. The summed E-state index contributed by atoms with van der Waals surface area (Å²) >= 11 is 0. The Labute approximate surface area is 112 Å². The Morgan fingerprint density at radius 2 is 1.42 bits per heavy atom. The second-order valence-corrected chi connectivity index (χ2v) is 6.02. The van der Waals surface area contributed by atoms with E-state index < -0.39 is 7.60 Å². The quantitative estimate of drug-likeness (QED) is 0.760. The van der Waals surface area contributed by atoms with Crippen molar-refractivity contribution in [2.75, 3.05) is 6.66 Å². The highest BCUT2D eigenvalue weighted by atomic mass is 31.2. The minimum atomic E-state index is -3.10. The van der Waals surface area contributed by atoms with Gasteiger partial charge in [0.15, 0.2) is 0 Å². The number of aromatic nitrogens is 2. The molecule has 2 heterocycles. The van der Waals surface area contributed by atoms with Crippen molar-refractivity contribution in [3.8, 4) is 0 Å². The van der Waals surface area contributed by atoms with Crippen LogP contribution in [0.15, 0.2) is 48.8 Å². The van der Waals surface area contributed by atoms with Crippen molar-refractivity contribution in [1.82, 2.24) is 9.97 Å². The third-order valence-electron chi connectivity index (χ3n) is 2.35. The maximum atomic E-state index is 12.1. The van der Waals surface area contributed by atoms with Crippen molar-refractivity contribution in [3.63, 3.8) is 0 Å². The van der Waals surface area contributed by atoms with Gasteiger partial charge in [-0.1, -0.05) is 12.1 Å². The molecule has 2 aromatic heterocycles. The summed E-state index contributed by atoms with van der Waals surface area (Å²) in [5, 5.41) is 0. The van der Waals surface area contributed by atoms with Gasteiger partial charge in [-0.15, -0.1) is 0 Å². The third-order valence-corrected chi connectivity index (χ3v) is 3.54. The molecule has 5 nitrogen and oxygen atoms in total. The number of nitrogens with zero attached hydrogens (tertiary/aromatic N) is 2. The summed E-state index contributed by atoms with van der Waals surface area (Å²) in [7, 11) is -3.10. The van der Waals surface area contributed by atoms with E-state index in [2.05, 4.69) is 9.97 Å². The summed E-state index contributed by atoms with van der Waals surface area (Å²) < 4.78 is 22.6. The molecule has 0 atom stereocenters. The molecule has 0 aliphatic carbocycles. The van der Waals surface area contributed by atoms with E-state index in [9.17, 15) is 4.57 Å². The second kappa shape index (κ2) is 6.57. The summed E-state index contributed by atoms with van der Waals surface area (Å²) in [5.41, 5.74) is 1.43. The Balaban J connectivity index is 1.84. The first kappa shape index (κ1) is 13.9. The molecule has 2 aromatic rings. The van der Waals surface area contributed by atoms with E-state index >= 15 is 0 Å². The number of pyridine rings is 2. The molecular weight excluding hydrogens is 263 g/mol. The van der Waals surface area contributed by atoms with E-state index in [1.807, 2.05) is 24.3 Å². The molecule has 0 fully saturated rings. The standard InChI is InChI=1S/C13H15N2O3P/c1-19(16,17-10-12-6-2-4-8-14-12)18-11-13-7-3-5-9-15-13/h2-9H,10-11H2,1H3. The van der Waals surface area contributed by atoms with Crippen molar-refractivity contribution in [2.24, 2.45) is 0 Å². The van der Waals surface area contributed by atoms with Gasteiger partial charge in [-0.3, -0.25) is 14.5 Å². The minimum Gasteiger partial charge on any atom is -0.302 e. The molecule has 0 unspecified atom stereocenters. The zero-order chi connectivity index (χ0) is 13.6. The smallest absolute Gasteiger partial charge is 0.302 e. The molecule has 0 bridgehead atoms. The average Bonchev–Trinajstić information content (AvgIpc) is 2.46. The fourth-order valence-corrected chi connectivity index (χ4v) is 2.18. The van der Waals surface area contributed by atoms with Gasteiger partial charge in [0.1, 0.15) is 0 Å². The maximum absolute atomic E-state index is 12.1. The van der Waals surface area contributed by atoms with Gasteiger partial charge >= 0.3 is 7.60 Å². The molecular formula is C13H15N2O3P. The monoisotopic (exact) mass is 278 g/mol. The number of hydrogen-bond acceptors (Lipinski definition) is 5. The lowest BCUT2D eigenvalue weighted by atomic mass is 10.4. The van der Waals surface area contributed by atoms with Crippen LogP contribution in [-0.2, 0) is 26.8 Å². The predicted octanol–water partition coefficient (Wildman–Crippen LogP) is 3.03. The topological polar surface area (TPSA) is 61.3 Å². The van der Waals surface area contributed by atoms with Gasteiger partial charge in [0, 0.05) is 19.1 Å². The van der Waals surface area contributed by atoms with Crippen LogP contribution in [-0.4, -0.2) is 16.6 Å². The van der Waals surface area contributed by atoms with Crippen LogP contribution in [0.25, 0.3) is 0 Å². The largest absolute Gasteiger partial charge is 0.328 e. The third kappa shape index (κ3) is 4.91. The van der Waals surface area contributed by atoms with Crippen molar-refractivity contribution in [1.29, 1.82) is 0 Å². The van der Waals surface area contributed by atoms with Crippen LogP contribution >= 0.6 is 7.60 Å². The zero-order valence-corrected chi connectivity index (χ0v) is 11.5. The van der Waals surface area contributed by atoms with Crippen molar-refractivity contribution < 1.29 is 13.6 Å². The molecule has 6 heteroatoms. The Hall–Kier alpha value is -1.55. The Bertz CT molecular complexity index is 501. The summed E-state index contributed by atoms with van der Waals surface area (Å²) in [6, 6.07) is 10.9. The predicted molar refractivity (Wildman–Crippen MR) is 71.6 cm³/mol. The Morgan fingerprint density at radius 1 is 0.947 bits per heavy atom. The SMILES string of the molecule is CP(=O)(OCc1ccccn1)OCc1ccccn1. The van der Waals surface area contributed by atoms with Crippen molar-refractivity contribution in [3.05, 3.63) is 60.2 Å². The number of hydrogen-bond donors (Lipinski definition) is 0. The highest BCUT2D eigenvalue weighted by Gasteiger charge is 2.17. The maximum Gasteiger partial charge on any atom is 0.328 e. The lowest BCUT2D eigenvalue weighted by Gasteiger charge is -2.13. The van der Waals surface area contributed by atoms with Crippen molar-refractivity contribution in [2.45, 2.75) is 13.2 Å². The van der Waals surface area contributed by atoms with Crippen LogP contribution in [0.4, 0.5) is 0 Å². The Morgan fingerprint density at radius 3 is 1.79 bits per heavy atom. The van der Waals surface area contributed by atoms with Crippen LogP contribution in [0, 0.1) is 0 Å². The van der Waals surface area contributed by atoms with Crippen LogP contribution in [0.1, 0.15) is 11.4 Å². The molecule has 0 aliphatic rings. The fraction of sp³-hybridized carbons (Fsp3) is 0.231. The number of rotatable bonds is 6. The van der Waals surface area contributed by atoms with Crippen molar-refractivity contribution >= 4 is 7.60 Å². The molecule has 0 radical (unpaired) electrons. The summed E-state index contributed by atoms with van der Waals surface area (Å²) in [5.74, 6) is 0. The highest BCUT2D eigenvalue weighted by Crippen LogP contribution is 2.45. The molecule has 0 amide bonds. The van der Waals surface area contributed by atoms with Crippen LogP contribution in [0.2, 0.25) is 0 Å². The molecule has 19 heavy (non-hydrogen) atoms. The molecule has 0 N–H and O–H groups in total. The van der Waals surface area contributed by atoms with Gasteiger partial charge in [0.05, 0.1) is 24.6 Å². The molecule has 0 spiro atoms. The van der Waals surface area contributed by atoms with Gasteiger partial charge in [0.25, 0.3) is 0 Å². The van der Waals surface area contributed by atoms with Gasteiger partial charge in [-0.2, -0.15) is 0 Å². The van der Waals surface area contributed by atoms with Gasteiger partial charge < -0.3 is 9.05 Å². The first-order valence-electron chi connectivity index (χ1n) is 5.82. The average molecular weight is 278 g/mol. The fourth-order valence-electron chi connectivity index (χ4n) is 1.37. The summed E-state index contributed by atoms with van der Waals surface area (Å²) in [6.45, 7) is 1.77. The normalized spacial score (nSPS) is 11.4. The van der Waals surface area contributed by atoms with E-state index in [4.69, 9.17) is 9.05 Å². The summed E-state index contributed by atoms with van der Waals surface area (Å²) in [6.07, 6.45) is 3.32.